The third-order valence-electron chi connectivity index (χ3n) is 5.87. The number of hydrogen-bond donors (Lipinski definition) is 0. The lowest BCUT2D eigenvalue weighted by Crippen LogP contribution is -2.31. The highest BCUT2D eigenvalue weighted by Gasteiger charge is 2.23. The van der Waals surface area contributed by atoms with Crippen LogP contribution in [0.25, 0.3) is 0 Å². The van der Waals surface area contributed by atoms with Crippen molar-refractivity contribution >= 4 is 5.91 Å². The van der Waals surface area contributed by atoms with Crippen molar-refractivity contribution in [3.05, 3.63) is 89.5 Å². The third kappa shape index (κ3) is 4.88. The summed E-state index contributed by atoms with van der Waals surface area (Å²) in [6.45, 7) is 3.40. The van der Waals surface area contributed by atoms with E-state index in [0.717, 1.165) is 40.4 Å². The van der Waals surface area contributed by atoms with Crippen molar-refractivity contribution in [2.45, 2.75) is 32.2 Å². The number of carbonyl (C=O) groups is 1. The number of para-hydroxylation sites is 1. The van der Waals surface area contributed by atoms with Crippen LogP contribution in [-0.4, -0.2) is 31.3 Å². The summed E-state index contributed by atoms with van der Waals surface area (Å²) in [6, 6.07) is 24.3. The molecule has 1 amide bonds. The van der Waals surface area contributed by atoms with Gasteiger partial charge in [0, 0.05) is 31.0 Å². The molecule has 0 saturated carbocycles. The monoisotopic (exact) mass is 431 g/mol. The van der Waals surface area contributed by atoms with E-state index in [2.05, 4.69) is 24.3 Å². The maximum absolute atomic E-state index is 12.7. The van der Waals surface area contributed by atoms with Gasteiger partial charge in [0.25, 0.3) is 0 Å². The summed E-state index contributed by atoms with van der Waals surface area (Å²) in [7, 11) is 1.69. The van der Waals surface area contributed by atoms with Gasteiger partial charge >= 0.3 is 0 Å². The van der Waals surface area contributed by atoms with E-state index < -0.39 is 0 Å². The fourth-order valence-electron chi connectivity index (χ4n) is 4.19. The van der Waals surface area contributed by atoms with Crippen LogP contribution >= 0.6 is 0 Å². The quantitative estimate of drug-likeness (QED) is 0.456. The summed E-state index contributed by atoms with van der Waals surface area (Å²) in [6.07, 6.45) is 1.24. The van der Waals surface area contributed by atoms with Crippen molar-refractivity contribution in [2.24, 2.45) is 0 Å². The molecule has 0 N–H and O–H groups in total. The molecular formula is C27H29NO4. The van der Waals surface area contributed by atoms with Gasteiger partial charge in [0.15, 0.2) is 11.5 Å². The zero-order valence-corrected chi connectivity index (χ0v) is 18.6. The first kappa shape index (κ1) is 21.8. The average molecular weight is 432 g/mol. The SMILES string of the molecule is CCC(=O)N(CCC(c1ccc2c(c1)OCO2)c1ccccc1OC)Cc1ccccc1. The van der Waals surface area contributed by atoms with Crippen molar-refractivity contribution < 1.29 is 19.0 Å². The average Bonchev–Trinajstić information content (AvgIpc) is 3.32. The Bertz CT molecular complexity index is 1050. The van der Waals surface area contributed by atoms with Gasteiger partial charge in [-0.15, -0.1) is 0 Å². The number of nitrogens with zero attached hydrogens (tertiary/aromatic N) is 1. The number of amides is 1. The number of rotatable bonds is 9. The van der Waals surface area contributed by atoms with Crippen LogP contribution in [0.15, 0.2) is 72.8 Å². The minimum atomic E-state index is 0.0450. The van der Waals surface area contributed by atoms with Crippen molar-refractivity contribution in [2.75, 3.05) is 20.4 Å². The van der Waals surface area contributed by atoms with Crippen LogP contribution in [0.4, 0.5) is 0 Å². The van der Waals surface area contributed by atoms with Crippen LogP contribution in [-0.2, 0) is 11.3 Å². The summed E-state index contributed by atoms with van der Waals surface area (Å²) >= 11 is 0. The van der Waals surface area contributed by atoms with Crippen molar-refractivity contribution in [3.8, 4) is 17.2 Å². The van der Waals surface area contributed by atoms with E-state index in [1.807, 2.05) is 60.4 Å². The van der Waals surface area contributed by atoms with Crippen LogP contribution in [0.3, 0.4) is 0 Å². The second-order valence-corrected chi connectivity index (χ2v) is 7.85. The van der Waals surface area contributed by atoms with E-state index in [9.17, 15) is 4.79 Å². The minimum absolute atomic E-state index is 0.0450. The normalized spacial score (nSPS) is 12.9. The molecule has 1 heterocycles. The smallest absolute Gasteiger partial charge is 0.231 e. The fraction of sp³-hybridized carbons (Fsp3) is 0.296. The van der Waals surface area contributed by atoms with Gasteiger partial charge in [0.2, 0.25) is 12.7 Å². The number of benzene rings is 3. The Balaban J connectivity index is 1.63. The molecule has 1 aliphatic rings. The number of hydrogen-bond acceptors (Lipinski definition) is 4. The summed E-state index contributed by atoms with van der Waals surface area (Å²) in [5, 5.41) is 0. The van der Waals surface area contributed by atoms with Gasteiger partial charge in [-0.05, 0) is 35.7 Å². The predicted octanol–water partition coefficient (Wildman–Crippen LogP) is 5.38. The number of fused-ring (bicyclic) bond motifs is 1. The van der Waals surface area contributed by atoms with Crippen LogP contribution in [0.2, 0.25) is 0 Å². The molecule has 3 aromatic carbocycles. The fourth-order valence-corrected chi connectivity index (χ4v) is 4.19. The molecule has 1 unspecified atom stereocenters. The van der Waals surface area contributed by atoms with E-state index in [1.165, 1.54) is 0 Å². The highest BCUT2D eigenvalue weighted by atomic mass is 16.7. The third-order valence-corrected chi connectivity index (χ3v) is 5.87. The van der Waals surface area contributed by atoms with Gasteiger partial charge in [0.05, 0.1) is 7.11 Å². The molecule has 5 nitrogen and oxygen atoms in total. The molecule has 0 aliphatic carbocycles. The van der Waals surface area contributed by atoms with Crippen LogP contribution in [0.1, 0.15) is 42.4 Å². The van der Waals surface area contributed by atoms with Gasteiger partial charge in [-0.2, -0.15) is 0 Å². The molecular weight excluding hydrogens is 402 g/mol. The largest absolute Gasteiger partial charge is 0.496 e. The van der Waals surface area contributed by atoms with E-state index in [4.69, 9.17) is 14.2 Å². The van der Waals surface area contributed by atoms with Crippen molar-refractivity contribution in [1.29, 1.82) is 0 Å². The topological polar surface area (TPSA) is 48.0 Å². The highest BCUT2D eigenvalue weighted by Crippen LogP contribution is 2.40. The summed E-state index contributed by atoms with van der Waals surface area (Å²) < 4.78 is 16.8. The lowest BCUT2D eigenvalue weighted by molar-refractivity contribution is -0.131. The molecule has 1 aliphatic heterocycles. The van der Waals surface area contributed by atoms with Gasteiger partial charge in [0.1, 0.15) is 5.75 Å². The maximum Gasteiger partial charge on any atom is 0.231 e. The maximum atomic E-state index is 12.7. The van der Waals surface area contributed by atoms with Gasteiger partial charge in [-0.1, -0.05) is 61.5 Å². The summed E-state index contributed by atoms with van der Waals surface area (Å²) in [5.74, 6) is 2.56. The van der Waals surface area contributed by atoms with Crippen molar-refractivity contribution in [3.63, 3.8) is 0 Å². The minimum Gasteiger partial charge on any atom is -0.496 e. The molecule has 32 heavy (non-hydrogen) atoms. The molecule has 4 rings (SSSR count). The van der Waals surface area contributed by atoms with Gasteiger partial charge in [-0.25, -0.2) is 0 Å². The highest BCUT2D eigenvalue weighted by molar-refractivity contribution is 5.75. The standard InChI is InChI=1S/C27H29NO4/c1-3-27(29)28(18-20-9-5-4-6-10-20)16-15-22(23-11-7-8-12-24(23)30-2)21-13-14-25-26(17-21)32-19-31-25/h4-14,17,22H,3,15-16,18-19H2,1-2H3. The summed E-state index contributed by atoms with van der Waals surface area (Å²) in [4.78, 5) is 14.7. The second kappa shape index (κ2) is 10.2. The molecule has 0 fully saturated rings. The Morgan fingerprint density at radius 3 is 2.53 bits per heavy atom. The first-order valence-electron chi connectivity index (χ1n) is 11.0. The van der Waals surface area contributed by atoms with E-state index in [1.54, 1.807) is 7.11 Å². The zero-order valence-electron chi connectivity index (χ0n) is 18.6. The Kier molecular flexibility index (Phi) is 6.95. The van der Waals surface area contributed by atoms with Crippen LogP contribution in [0, 0.1) is 0 Å². The number of ether oxygens (including phenoxy) is 3. The second-order valence-electron chi connectivity index (χ2n) is 7.85. The molecule has 1 atom stereocenters. The zero-order chi connectivity index (χ0) is 22.3. The summed E-state index contributed by atoms with van der Waals surface area (Å²) in [5.41, 5.74) is 3.34. The van der Waals surface area contributed by atoms with Crippen LogP contribution in [0.5, 0.6) is 17.2 Å². The number of carbonyl (C=O) groups excluding carboxylic acids is 1. The van der Waals surface area contributed by atoms with Crippen LogP contribution < -0.4 is 14.2 Å². The van der Waals surface area contributed by atoms with E-state index in [0.29, 0.717) is 19.5 Å². The predicted molar refractivity (Wildman–Crippen MR) is 124 cm³/mol. The van der Waals surface area contributed by atoms with Gasteiger partial charge < -0.3 is 19.1 Å². The van der Waals surface area contributed by atoms with E-state index in [-0.39, 0.29) is 18.6 Å². The number of methoxy groups -OCH3 is 1. The Morgan fingerprint density at radius 1 is 1.00 bits per heavy atom. The molecule has 166 valence electrons. The van der Waals surface area contributed by atoms with Crippen molar-refractivity contribution in [1.82, 2.24) is 4.90 Å². The molecule has 0 bridgehead atoms. The van der Waals surface area contributed by atoms with Gasteiger partial charge in [-0.3, -0.25) is 4.79 Å². The first-order valence-corrected chi connectivity index (χ1v) is 11.0. The molecule has 0 radical (unpaired) electrons. The molecule has 5 heteroatoms. The molecule has 3 aromatic rings. The van der Waals surface area contributed by atoms with E-state index >= 15 is 0 Å². The molecule has 0 saturated heterocycles. The first-order chi connectivity index (χ1) is 15.7. The molecule has 0 aromatic heterocycles. The lowest BCUT2D eigenvalue weighted by atomic mass is 9.87. The lowest BCUT2D eigenvalue weighted by Gasteiger charge is -2.27. The Labute approximate surface area is 189 Å². The molecule has 0 spiro atoms. The Hall–Kier alpha value is -3.47. The Morgan fingerprint density at radius 2 is 1.75 bits per heavy atom.